The van der Waals surface area contributed by atoms with Crippen LogP contribution < -0.4 is 5.32 Å². The molecule has 2 aliphatic carbocycles. The van der Waals surface area contributed by atoms with Gasteiger partial charge in [-0.25, -0.2) is 4.98 Å². The molecule has 1 amide bonds. The summed E-state index contributed by atoms with van der Waals surface area (Å²) in [6, 6.07) is 0.509. The van der Waals surface area contributed by atoms with Crippen LogP contribution in [0.2, 0.25) is 0 Å². The van der Waals surface area contributed by atoms with Crippen LogP contribution in [0.5, 0.6) is 0 Å². The van der Waals surface area contributed by atoms with Gasteiger partial charge in [-0.2, -0.15) is 0 Å². The fourth-order valence-electron chi connectivity index (χ4n) is 3.39. The standard InChI is InChI=1S/C17H25N3OS/c1-11-9-20(17(21)13-4-5-13)7-6-15(11)18-8-14-10-22-16(19-14)12-2-3-12/h10-13,15,18H,2-9H2,1H3/t11-,15+/m0/s1. The van der Waals surface area contributed by atoms with Crippen LogP contribution in [-0.2, 0) is 11.3 Å². The molecule has 1 N–H and O–H groups in total. The number of thiazole rings is 1. The highest BCUT2D eigenvalue weighted by Gasteiger charge is 2.36. The monoisotopic (exact) mass is 319 g/mol. The predicted octanol–water partition coefficient (Wildman–Crippen LogP) is 2.76. The Bertz CT molecular complexity index is 550. The van der Waals surface area contributed by atoms with Crippen molar-refractivity contribution in [1.82, 2.24) is 15.2 Å². The normalized spacial score (nSPS) is 28.9. The Morgan fingerprint density at radius 1 is 1.36 bits per heavy atom. The van der Waals surface area contributed by atoms with E-state index >= 15 is 0 Å². The molecule has 4 rings (SSSR count). The van der Waals surface area contributed by atoms with E-state index in [1.54, 1.807) is 0 Å². The van der Waals surface area contributed by atoms with Gasteiger partial charge in [-0.15, -0.1) is 11.3 Å². The maximum atomic E-state index is 12.2. The Morgan fingerprint density at radius 2 is 2.18 bits per heavy atom. The van der Waals surface area contributed by atoms with Crippen LogP contribution in [0.25, 0.3) is 0 Å². The minimum absolute atomic E-state index is 0.354. The number of piperidine rings is 1. The van der Waals surface area contributed by atoms with Crippen LogP contribution in [0.3, 0.4) is 0 Å². The minimum atomic E-state index is 0.354. The molecule has 1 aliphatic heterocycles. The van der Waals surface area contributed by atoms with Crippen LogP contribution in [0.15, 0.2) is 5.38 Å². The zero-order valence-corrected chi connectivity index (χ0v) is 14.1. The summed E-state index contributed by atoms with van der Waals surface area (Å²) in [7, 11) is 0. The highest BCUT2D eigenvalue weighted by Crippen LogP contribution is 2.41. The van der Waals surface area contributed by atoms with E-state index < -0.39 is 0 Å². The van der Waals surface area contributed by atoms with Crippen LogP contribution in [0.1, 0.15) is 55.6 Å². The van der Waals surface area contributed by atoms with Crippen molar-refractivity contribution < 1.29 is 4.79 Å². The third kappa shape index (κ3) is 3.20. The molecule has 120 valence electrons. The van der Waals surface area contributed by atoms with Gasteiger partial charge in [0.25, 0.3) is 0 Å². The van der Waals surface area contributed by atoms with Crippen LogP contribution in [0.4, 0.5) is 0 Å². The predicted molar refractivity (Wildman–Crippen MR) is 87.8 cm³/mol. The third-order valence-corrected chi connectivity index (χ3v) is 6.24. The molecule has 0 radical (unpaired) electrons. The molecule has 2 heterocycles. The van der Waals surface area contributed by atoms with Gasteiger partial charge in [-0.3, -0.25) is 4.79 Å². The first-order chi connectivity index (χ1) is 10.7. The number of hydrogen-bond donors (Lipinski definition) is 1. The second-order valence-corrected chi connectivity index (χ2v) is 8.15. The molecule has 0 bridgehead atoms. The first-order valence-corrected chi connectivity index (χ1v) is 9.55. The average Bonchev–Trinajstić information content (AvgIpc) is 3.44. The lowest BCUT2D eigenvalue weighted by Crippen LogP contribution is -2.50. The zero-order chi connectivity index (χ0) is 15.1. The van der Waals surface area contributed by atoms with E-state index in [4.69, 9.17) is 4.98 Å². The van der Waals surface area contributed by atoms with Gasteiger partial charge in [0.1, 0.15) is 0 Å². The zero-order valence-electron chi connectivity index (χ0n) is 13.3. The van der Waals surface area contributed by atoms with Crippen molar-refractivity contribution in [3.63, 3.8) is 0 Å². The van der Waals surface area contributed by atoms with E-state index in [1.807, 2.05) is 11.3 Å². The second-order valence-electron chi connectivity index (χ2n) is 7.26. The summed E-state index contributed by atoms with van der Waals surface area (Å²) in [5.74, 6) is 2.04. The Balaban J connectivity index is 1.27. The highest BCUT2D eigenvalue weighted by atomic mass is 32.1. The number of aromatic nitrogens is 1. The van der Waals surface area contributed by atoms with Crippen LogP contribution in [0, 0.1) is 11.8 Å². The summed E-state index contributed by atoms with van der Waals surface area (Å²) in [5.41, 5.74) is 1.19. The van der Waals surface area contributed by atoms with Crippen molar-refractivity contribution >= 4 is 17.2 Å². The van der Waals surface area contributed by atoms with Gasteiger partial charge in [-0.1, -0.05) is 6.92 Å². The molecule has 2 atom stereocenters. The van der Waals surface area contributed by atoms with Crippen molar-refractivity contribution in [3.8, 4) is 0 Å². The molecule has 1 saturated heterocycles. The summed E-state index contributed by atoms with van der Waals surface area (Å²) in [6.45, 7) is 4.97. The second kappa shape index (κ2) is 5.93. The summed E-state index contributed by atoms with van der Waals surface area (Å²) in [5, 5.41) is 7.20. The molecule has 0 aromatic carbocycles. The number of amides is 1. The topological polar surface area (TPSA) is 45.2 Å². The molecule has 0 unspecified atom stereocenters. The lowest BCUT2D eigenvalue weighted by molar-refractivity contribution is -0.134. The van der Waals surface area contributed by atoms with Crippen molar-refractivity contribution in [3.05, 3.63) is 16.1 Å². The Labute approximate surface area is 136 Å². The molecule has 2 saturated carbocycles. The van der Waals surface area contributed by atoms with Gasteiger partial charge < -0.3 is 10.2 Å². The van der Waals surface area contributed by atoms with Crippen molar-refractivity contribution in [2.45, 2.75) is 57.5 Å². The van der Waals surface area contributed by atoms with Gasteiger partial charge in [0, 0.05) is 42.9 Å². The van der Waals surface area contributed by atoms with Crippen LogP contribution >= 0.6 is 11.3 Å². The molecule has 1 aromatic heterocycles. The number of nitrogens with zero attached hydrogens (tertiary/aromatic N) is 2. The fraction of sp³-hybridized carbons (Fsp3) is 0.765. The Morgan fingerprint density at radius 3 is 2.86 bits per heavy atom. The first kappa shape index (κ1) is 14.6. The van der Waals surface area contributed by atoms with E-state index in [0.717, 1.165) is 44.8 Å². The van der Waals surface area contributed by atoms with E-state index in [9.17, 15) is 4.79 Å². The largest absolute Gasteiger partial charge is 0.342 e. The molecule has 5 heteroatoms. The van der Waals surface area contributed by atoms with Gasteiger partial charge in [0.05, 0.1) is 10.7 Å². The van der Waals surface area contributed by atoms with Gasteiger partial charge >= 0.3 is 0 Å². The van der Waals surface area contributed by atoms with Crippen molar-refractivity contribution in [1.29, 1.82) is 0 Å². The highest BCUT2D eigenvalue weighted by molar-refractivity contribution is 7.09. The van der Waals surface area contributed by atoms with Crippen molar-refractivity contribution in [2.75, 3.05) is 13.1 Å². The molecule has 3 aliphatic rings. The fourth-order valence-corrected chi connectivity index (χ4v) is 4.39. The van der Waals surface area contributed by atoms with E-state index in [-0.39, 0.29) is 0 Å². The van der Waals surface area contributed by atoms with E-state index in [1.165, 1.54) is 23.5 Å². The van der Waals surface area contributed by atoms with Gasteiger partial charge in [-0.05, 0) is 38.0 Å². The molecule has 22 heavy (non-hydrogen) atoms. The summed E-state index contributed by atoms with van der Waals surface area (Å²) in [4.78, 5) is 19.0. The Hall–Kier alpha value is -0.940. The summed E-state index contributed by atoms with van der Waals surface area (Å²) < 4.78 is 0. The lowest BCUT2D eigenvalue weighted by atomic mass is 9.93. The molecule has 4 nitrogen and oxygen atoms in total. The number of likely N-dealkylation sites (tertiary alicyclic amines) is 1. The number of hydrogen-bond acceptors (Lipinski definition) is 4. The number of nitrogens with one attached hydrogen (secondary N) is 1. The Kier molecular flexibility index (Phi) is 3.95. The number of carbonyl (C=O) groups is 1. The van der Waals surface area contributed by atoms with Crippen LogP contribution in [-0.4, -0.2) is 34.9 Å². The van der Waals surface area contributed by atoms with Crippen molar-refractivity contribution in [2.24, 2.45) is 11.8 Å². The number of carbonyl (C=O) groups excluding carboxylic acids is 1. The maximum Gasteiger partial charge on any atom is 0.225 e. The maximum absolute atomic E-state index is 12.2. The molecule has 1 aromatic rings. The van der Waals surface area contributed by atoms with Gasteiger partial charge in [0.15, 0.2) is 0 Å². The van der Waals surface area contributed by atoms with E-state index in [0.29, 0.717) is 23.8 Å². The van der Waals surface area contributed by atoms with Gasteiger partial charge in [0.2, 0.25) is 5.91 Å². The quantitative estimate of drug-likeness (QED) is 0.908. The number of rotatable bonds is 5. The lowest BCUT2D eigenvalue weighted by Gasteiger charge is -2.37. The van der Waals surface area contributed by atoms with E-state index in [2.05, 4.69) is 22.5 Å². The average molecular weight is 319 g/mol. The minimum Gasteiger partial charge on any atom is -0.342 e. The first-order valence-electron chi connectivity index (χ1n) is 8.67. The molecular weight excluding hydrogens is 294 g/mol. The SMILES string of the molecule is C[C@H]1CN(C(=O)C2CC2)CC[C@H]1NCc1csc(C2CC2)n1. The summed E-state index contributed by atoms with van der Waals surface area (Å²) in [6.07, 6.45) is 5.94. The summed E-state index contributed by atoms with van der Waals surface area (Å²) >= 11 is 1.82. The molecule has 0 spiro atoms. The molecular formula is C17H25N3OS. The third-order valence-electron chi connectivity index (χ3n) is 5.19. The smallest absolute Gasteiger partial charge is 0.225 e. The molecule has 3 fully saturated rings.